The number of nitrogens with zero attached hydrogens (tertiary/aromatic N) is 4. The van der Waals surface area contributed by atoms with E-state index < -0.39 is 10.1 Å². The summed E-state index contributed by atoms with van der Waals surface area (Å²) in [5.41, 5.74) is 2.19. The van der Waals surface area contributed by atoms with Crippen molar-refractivity contribution in [3.63, 3.8) is 0 Å². The van der Waals surface area contributed by atoms with Gasteiger partial charge < -0.3 is 14.6 Å². The van der Waals surface area contributed by atoms with Gasteiger partial charge in [0.25, 0.3) is 10.1 Å². The molecule has 0 aliphatic heterocycles. The van der Waals surface area contributed by atoms with Gasteiger partial charge in [-0.05, 0) is 67.1 Å². The number of methoxy groups -OCH3 is 2. The number of aryl methyl sites for hydroxylation is 1. The molecule has 0 aliphatic rings. The predicted octanol–water partition coefficient (Wildman–Crippen LogP) is 5.80. The molecular weight excluding hydrogens is 436 g/mol. The van der Waals surface area contributed by atoms with E-state index in [1.54, 1.807) is 31.2 Å². The quantitative estimate of drug-likeness (QED) is 0.340. The van der Waals surface area contributed by atoms with Gasteiger partial charge in [-0.1, -0.05) is 0 Å². The van der Waals surface area contributed by atoms with E-state index in [9.17, 15) is 18.1 Å². The standard InChI is InChI=1S/C21H20N4O6S/c1-13-10-21(31-3)19(24-22-14-4-6-15(26)7-5-14)12-17(13)23-25-18-11-16(32(27,28)29)8-9-20(18)30-2/h4-12,26H,1-3H3,(H,27,28,29). The second kappa shape index (κ2) is 9.54. The average Bonchev–Trinajstić information content (AvgIpc) is 2.77. The molecule has 3 rings (SSSR count). The van der Waals surface area contributed by atoms with Gasteiger partial charge in [0.1, 0.15) is 28.6 Å². The summed E-state index contributed by atoms with van der Waals surface area (Å²) in [7, 11) is -1.50. The Bertz CT molecular complexity index is 1290. The second-order valence-electron chi connectivity index (χ2n) is 6.54. The smallest absolute Gasteiger partial charge is 0.294 e. The molecule has 166 valence electrons. The molecule has 0 aliphatic carbocycles. The van der Waals surface area contributed by atoms with Crippen LogP contribution in [0, 0.1) is 6.92 Å². The van der Waals surface area contributed by atoms with Crippen LogP contribution in [0.1, 0.15) is 5.56 Å². The first-order valence-electron chi connectivity index (χ1n) is 9.18. The van der Waals surface area contributed by atoms with E-state index in [2.05, 4.69) is 20.5 Å². The molecule has 0 atom stereocenters. The molecule has 0 aromatic heterocycles. The van der Waals surface area contributed by atoms with Gasteiger partial charge in [0, 0.05) is 0 Å². The van der Waals surface area contributed by atoms with Crippen molar-refractivity contribution >= 4 is 32.9 Å². The van der Waals surface area contributed by atoms with Gasteiger partial charge in [-0.2, -0.15) is 18.6 Å². The molecule has 0 amide bonds. The largest absolute Gasteiger partial charge is 0.508 e. The van der Waals surface area contributed by atoms with Gasteiger partial charge in [0.2, 0.25) is 0 Å². The van der Waals surface area contributed by atoms with E-state index in [-0.39, 0.29) is 22.1 Å². The summed E-state index contributed by atoms with van der Waals surface area (Å²) in [5, 5.41) is 26.0. The summed E-state index contributed by atoms with van der Waals surface area (Å²) in [6.07, 6.45) is 0. The highest BCUT2D eigenvalue weighted by Crippen LogP contribution is 2.38. The molecule has 2 N–H and O–H groups in total. The zero-order chi connectivity index (χ0) is 23.3. The van der Waals surface area contributed by atoms with Crippen molar-refractivity contribution in [3.05, 3.63) is 60.2 Å². The van der Waals surface area contributed by atoms with Crippen molar-refractivity contribution < 1.29 is 27.6 Å². The van der Waals surface area contributed by atoms with Crippen molar-refractivity contribution in [3.8, 4) is 17.2 Å². The Morgan fingerprint density at radius 1 is 0.750 bits per heavy atom. The third kappa shape index (κ3) is 5.45. The van der Waals surface area contributed by atoms with Crippen molar-refractivity contribution in [2.45, 2.75) is 11.8 Å². The molecule has 3 aromatic carbocycles. The van der Waals surface area contributed by atoms with Crippen LogP contribution in [-0.2, 0) is 10.1 Å². The number of ether oxygens (including phenoxy) is 2. The first-order valence-corrected chi connectivity index (χ1v) is 10.6. The van der Waals surface area contributed by atoms with Gasteiger partial charge in [0.15, 0.2) is 0 Å². The number of phenols is 1. The number of aromatic hydroxyl groups is 1. The number of hydrogen-bond donors (Lipinski definition) is 2. The minimum absolute atomic E-state index is 0.116. The molecule has 3 aromatic rings. The second-order valence-corrected chi connectivity index (χ2v) is 7.96. The fourth-order valence-corrected chi connectivity index (χ4v) is 3.16. The minimum atomic E-state index is -4.41. The molecule has 0 bridgehead atoms. The van der Waals surface area contributed by atoms with Gasteiger partial charge in [-0.15, -0.1) is 10.2 Å². The number of azo groups is 2. The lowest BCUT2D eigenvalue weighted by molar-refractivity contribution is 0.415. The molecule has 0 saturated heterocycles. The fourth-order valence-electron chi connectivity index (χ4n) is 2.66. The summed E-state index contributed by atoms with van der Waals surface area (Å²) in [5.74, 6) is 0.863. The SMILES string of the molecule is COc1cc(C)c(N=Nc2cc(S(=O)(=O)O)ccc2OC)cc1N=Nc1ccc(O)cc1. The Hall–Kier alpha value is -3.83. The van der Waals surface area contributed by atoms with Gasteiger partial charge in [-0.3, -0.25) is 4.55 Å². The van der Waals surface area contributed by atoms with Crippen molar-refractivity contribution in [1.82, 2.24) is 0 Å². The van der Waals surface area contributed by atoms with Crippen molar-refractivity contribution in [2.24, 2.45) is 20.5 Å². The number of rotatable bonds is 7. The average molecular weight is 456 g/mol. The molecule has 32 heavy (non-hydrogen) atoms. The molecule has 11 heteroatoms. The summed E-state index contributed by atoms with van der Waals surface area (Å²) >= 11 is 0. The molecule has 0 unspecified atom stereocenters. The predicted molar refractivity (Wildman–Crippen MR) is 117 cm³/mol. The maximum Gasteiger partial charge on any atom is 0.294 e. The Kier molecular flexibility index (Phi) is 6.81. The summed E-state index contributed by atoms with van der Waals surface area (Å²) < 4.78 is 42.7. The Balaban J connectivity index is 1.99. The van der Waals surface area contributed by atoms with E-state index in [0.29, 0.717) is 22.8 Å². The Morgan fingerprint density at radius 2 is 1.34 bits per heavy atom. The van der Waals surface area contributed by atoms with E-state index in [4.69, 9.17) is 9.47 Å². The lowest BCUT2D eigenvalue weighted by Crippen LogP contribution is -1.97. The fraction of sp³-hybridized carbons (Fsp3) is 0.143. The van der Waals surface area contributed by atoms with Gasteiger partial charge >= 0.3 is 0 Å². The minimum Gasteiger partial charge on any atom is -0.508 e. The zero-order valence-electron chi connectivity index (χ0n) is 17.4. The number of phenolic OH excluding ortho intramolecular Hbond substituents is 1. The van der Waals surface area contributed by atoms with E-state index in [0.717, 1.165) is 11.6 Å². The van der Waals surface area contributed by atoms with Crippen LogP contribution < -0.4 is 9.47 Å². The lowest BCUT2D eigenvalue weighted by atomic mass is 10.1. The molecule has 0 saturated carbocycles. The third-order valence-electron chi connectivity index (χ3n) is 4.33. The number of hydrogen-bond acceptors (Lipinski definition) is 9. The van der Waals surface area contributed by atoms with Crippen LogP contribution in [0.3, 0.4) is 0 Å². The van der Waals surface area contributed by atoms with Gasteiger partial charge in [0.05, 0.1) is 30.5 Å². The number of benzene rings is 3. The van der Waals surface area contributed by atoms with Crippen LogP contribution in [0.4, 0.5) is 22.7 Å². The maximum absolute atomic E-state index is 11.4. The summed E-state index contributed by atoms with van der Waals surface area (Å²) in [4.78, 5) is -0.331. The maximum atomic E-state index is 11.4. The van der Waals surface area contributed by atoms with Crippen LogP contribution in [0.25, 0.3) is 0 Å². The topological polar surface area (TPSA) is 142 Å². The Labute approximate surface area is 184 Å². The van der Waals surface area contributed by atoms with Crippen LogP contribution in [0.2, 0.25) is 0 Å². The molecule has 0 spiro atoms. The van der Waals surface area contributed by atoms with E-state index in [1.807, 2.05) is 0 Å². The highest BCUT2D eigenvalue weighted by atomic mass is 32.2. The highest BCUT2D eigenvalue weighted by molar-refractivity contribution is 7.85. The molecule has 0 radical (unpaired) electrons. The first-order chi connectivity index (χ1) is 15.2. The van der Waals surface area contributed by atoms with E-state index in [1.165, 1.54) is 38.5 Å². The van der Waals surface area contributed by atoms with Crippen LogP contribution in [-0.4, -0.2) is 32.3 Å². The summed E-state index contributed by atoms with van der Waals surface area (Å²) in [6.45, 7) is 1.80. The van der Waals surface area contributed by atoms with Crippen molar-refractivity contribution in [1.29, 1.82) is 0 Å². The summed E-state index contributed by atoms with van der Waals surface area (Å²) in [6, 6.07) is 13.3. The van der Waals surface area contributed by atoms with Crippen molar-refractivity contribution in [2.75, 3.05) is 14.2 Å². The van der Waals surface area contributed by atoms with Crippen LogP contribution in [0.5, 0.6) is 17.2 Å². The zero-order valence-corrected chi connectivity index (χ0v) is 18.2. The van der Waals surface area contributed by atoms with E-state index >= 15 is 0 Å². The van der Waals surface area contributed by atoms with Gasteiger partial charge in [-0.25, -0.2) is 0 Å². The first kappa shape index (κ1) is 22.8. The lowest BCUT2D eigenvalue weighted by Gasteiger charge is -2.08. The molecule has 0 heterocycles. The molecule has 10 nitrogen and oxygen atoms in total. The Morgan fingerprint density at radius 3 is 1.97 bits per heavy atom. The molecular formula is C21H20N4O6S. The van der Waals surface area contributed by atoms with Crippen LogP contribution >= 0.6 is 0 Å². The molecule has 0 fully saturated rings. The van der Waals surface area contributed by atoms with Crippen LogP contribution in [0.15, 0.2) is 79.9 Å². The highest BCUT2D eigenvalue weighted by Gasteiger charge is 2.14. The third-order valence-corrected chi connectivity index (χ3v) is 5.18. The monoisotopic (exact) mass is 456 g/mol. The normalized spacial score (nSPS) is 11.9.